The van der Waals surface area contributed by atoms with E-state index in [9.17, 15) is 19.2 Å². The second kappa shape index (κ2) is 10.7. The van der Waals surface area contributed by atoms with Gasteiger partial charge in [0.2, 0.25) is 0 Å². The van der Waals surface area contributed by atoms with Crippen LogP contribution in [0.25, 0.3) is 0 Å². The maximum absolute atomic E-state index is 12.1. The Morgan fingerprint density at radius 2 is 1.70 bits per heavy atom. The van der Waals surface area contributed by atoms with Crippen molar-refractivity contribution in [2.75, 3.05) is 26.9 Å². The van der Waals surface area contributed by atoms with E-state index in [-0.39, 0.29) is 26.4 Å². The fraction of sp³-hybridized carbons (Fsp3) is 0.625. The van der Waals surface area contributed by atoms with Crippen molar-refractivity contribution in [3.63, 3.8) is 0 Å². The van der Waals surface area contributed by atoms with Crippen molar-refractivity contribution >= 4 is 19.9 Å². The van der Waals surface area contributed by atoms with Gasteiger partial charge in [-0.2, -0.15) is 0 Å². The number of esters is 2. The molecule has 0 spiro atoms. The van der Waals surface area contributed by atoms with Gasteiger partial charge < -0.3 is 19.0 Å². The molecule has 0 aromatic carbocycles. The van der Waals surface area contributed by atoms with Crippen LogP contribution in [0, 0.1) is 6.92 Å². The lowest BCUT2D eigenvalue weighted by molar-refractivity contribution is -0.153. The van der Waals surface area contributed by atoms with Crippen LogP contribution >= 0.6 is 0 Å². The van der Waals surface area contributed by atoms with Gasteiger partial charge in [-0.1, -0.05) is 0 Å². The number of rotatable bonds is 10. The van der Waals surface area contributed by atoms with Gasteiger partial charge in [-0.15, -0.1) is 0 Å². The number of H-pyrrole nitrogens is 1. The third kappa shape index (κ3) is 6.68. The third-order valence-corrected chi connectivity index (χ3v) is 3.87. The highest BCUT2D eigenvalue weighted by Crippen LogP contribution is 2.06. The third-order valence-electron chi connectivity index (χ3n) is 3.87. The van der Waals surface area contributed by atoms with Gasteiger partial charge in [-0.05, 0) is 20.8 Å². The van der Waals surface area contributed by atoms with Crippen LogP contribution in [0.2, 0.25) is 0 Å². The molecule has 2 atom stereocenters. The molecule has 1 aromatic rings. The van der Waals surface area contributed by atoms with Gasteiger partial charge in [0.1, 0.15) is 13.2 Å². The Hall–Kier alpha value is -2.40. The van der Waals surface area contributed by atoms with E-state index in [1.165, 1.54) is 31.7 Å². The molecule has 0 aliphatic carbocycles. The summed E-state index contributed by atoms with van der Waals surface area (Å²) in [6, 6.07) is -1.78. The van der Waals surface area contributed by atoms with Gasteiger partial charge in [0.15, 0.2) is 7.98 Å². The molecule has 11 heteroatoms. The normalized spacial score (nSPS) is 13.2. The quantitative estimate of drug-likeness (QED) is 0.303. The lowest BCUT2D eigenvalue weighted by Crippen LogP contribution is -2.48. The number of ether oxygens (including phenoxy) is 3. The molecule has 0 saturated heterocycles. The van der Waals surface area contributed by atoms with Crippen LogP contribution in [-0.4, -0.2) is 73.3 Å². The Labute approximate surface area is 157 Å². The lowest BCUT2D eigenvalue weighted by Gasteiger charge is -2.28. The van der Waals surface area contributed by atoms with Gasteiger partial charge in [0.25, 0.3) is 5.56 Å². The van der Waals surface area contributed by atoms with Gasteiger partial charge in [0, 0.05) is 18.9 Å². The topological polar surface area (TPSA) is 120 Å². The number of nitrogens with zero attached hydrogens (tertiary/aromatic N) is 2. The highest BCUT2D eigenvalue weighted by molar-refractivity contribution is 6.08. The van der Waals surface area contributed by atoms with E-state index in [0.717, 1.165) is 4.81 Å². The number of methoxy groups -OCH3 is 1. The first-order chi connectivity index (χ1) is 12.7. The minimum Gasteiger partial charge on any atom is -0.463 e. The molecule has 27 heavy (non-hydrogen) atoms. The fourth-order valence-corrected chi connectivity index (χ4v) is 2.07. The molecule has 0 aliphatic rings. The monoisotopic (exact) mass is 381 g/mol. The van der Waals surface area contributed by atoms with E-state index < -0.39 is 35.3 Å². The zero-order valence-electron chi connectivity index (χ0n) is 15.9. The van der Waals surface area contributed by atoms with E-state index in [4.69, 9.17) is 22.2 Å². The molecule has 1 N–H and O–H groups in total. The zero-order chi connectivity index (χ0) is 20.6. The highest BCUT2D eigenvalue weighted by Gasteiger charge is 2.28. The first kappa shape index (κ1) is 22.6. The maximum atomic E-state index is 12.1. The van der Waals surface area contributed by atoms with Crippen molar-refractivity contribution in [2.24, 2.45) is 0 Å². The van der Waals surface area contributed by atoms with Gasteiger partial charge in [-0.25, -0.2) is 4.79 Å². The van der Waals surface area contributed by atoms with Gasteiger partial charge >= 0.3 is 17.6 Å². The van der Waals surface area contributed by atoms with Crippen LogP contribution in [0.3, 0.4) is 0 Å². The Morgan fingerprint density at radius 1 is 1.15 bits per heavy atom. The SMILES string of the molecule is [B]N(C(C)C(=O)OCCOC)C(C)C(=O)OCCn1cc(C)c(=O)[nH]c1=O. The van der Waals surface area contributed by atoms with Crippen LogP contribution in [0.4, 0.5) is 0 Å². The summed E-state index contributed by atoms with van der Waals surface area (Å²) in [5.41, 5.74) is -0.696. The van der Waals surface area contributed by atoms with E-state index in [1.54, 1.807) is 6.92 Å². The number of aromatic nitrogens is 2. The predicted octanol–water partition coefficient (Wildman–Crippen LogP) is -1.26. The molecule has 2 unspecified atom stereocenters. The lowest BCUT2D eigenvalue weighted by atomic mass is 10.1. The van der Waals surface area contributed by atoms with Crippen molar-refractivity contribution in [1.82, 2.24) is 14.4 Å². The van der Waals surface area contributed by atoms with Crippen LogP contribution in [-0.2, 0) is 30.3 Å². The maximum Gasteiger partial charge on any atom is 0.328 e. The molecule has 1 rings (SSSR count). The number of aromatic amines is 1. The molecule has 0 amide bonds. The van der Waals surface area contributed by atoms with Crippen molar-refractivity contribution < 1.29 is 23.8 Å². The number of carbonyl (C=O) groups is 2. The highest BCUT2D eigenvalue weighted by atomic mass is 16.6. The van der Waals surface area contributed by atoms with Crippen molar-refractivity contribution in [1.29, 1.82) is 0 Å². The first-order valence-corrected chi connectivity index (χ1v) is 8.34. The van der Waals surface area contributed by atoms with Crippen LogP contribution in [0.5, 0.6) is 0 Å². The molecular weight excluding hydrogens is 357 g/mol. The molecule has 0 aliphatic heterocycles. The molecule has 0 bridgehead atoms. The summed E-state index contributed by atoms with van der Waals surface area (Å²) in [4.78, 5) is 50.1. The Morgan fingerprint density at radius 3 is 2.26 bits per heavy atom. The summed E-state index contributed by atoms with van der Waals surface area (Å²) in [5, 5.41) is 0. The number of hydrogen-bond donors (Lipinski definition) is 1. The zero-order valence-corrected chi connectivity index (χ0v) is 15.9. The molecular formula is C16H24BN3O7. The number of nitrogens with one attached hydrogen (secondary N) is 1. The predicted molar refractivity (Wildman–Crippen MR) is 96.4 cm³/mol. The number of hydrogen-bond acceptors (Lipinski definition) is 8. The van der Waals surface area contributed by atoms with Crippen molar-refractivity contribution in [2.45, 2.75) is 39.4 Å². The van der Waals surface area contributed by atoms with Crippen LogP contribution in [0.1, 0.15) is 19.4 Å². The largest absolute Gasteiger partial charge is 0.463 e. The van der Waals surface area contributed by atoms with Gasteiger partial charge in [-0.3, -0.25) is 23.9 Å². The molecule has 1 aromatic heterocycles. The standard InChI is InChI=1S/C16H24BN3O7/c1-10-9-19(16(24)18-13(10)21)5-6-26-14(22)11(2)20(17)12(3)15(23)27-8-7-25-4/h9,11-12H,5-8H2,1-4H3,(H,18,21,24). The average Bonchev–Trinajstić information content (AvgIpc) is 2.63. The Kier molecular flexibility index (Phi) is 8.96. The summed E-state index contributed by atoms with van der Waals surface area (Å²) in [5.74, 6) is -1.26. The van der Waals surface area contributed by atoms with E-state index in [1.807, 2.05) is 0 Å². The van der Waals surface area contributed by atoms with E-state index >= 15 is 0 Å². The van der Waals surface area contributed by atoms with E-state index in [0.29, 0.717) is 5.56 Å². The second-order valence-electron chi connectivity index (χ2n) is 5.89. The Bertz CT molecular complexity index is 761. The summed E-state index contributed by atoms with van der Waals surface area (Å²) in [6.45, 7) is 4.84. The smallest absolute Gasteiger partial charge is 0.328 e. The Balaban J connectivity index is 2.54. The number of aryl methyl sites for hydroxylation is 1. The molecule has 10 nitrogen and oxygen atoms in total. The minimum atomic E-state index is -0.913. The molecule has 1 heterocycles. The summed E-state index contributed by atoms with van der Waals surface area (Å²) in [7, 11) is 7.29. The van der Waals surface area contributed by atoms with Gasteiger partial charge in [0.05, 0.1) is 25.2 Å². The summed E-state index contributed by atoms with van der Waals surface area (Å²) >= 11 is 0. The summed E-state index contributed by atoms with van der Waals surface area (Å²) < 4.78 is 16.1. The number of carbonyl (C=O) groups excluding carboxylic acids is 2. The second-order valence-corrected chi connectivity index (χ2v) is 5.89. The first-order valence-electron chi connectivity index (χ1n) is 8.34. The fourth-order valence-electron chi connectivity index (χ4n) is 2.07. The van der Waals surface area contributed by atoms with Crippen molar-refractivity contribution in [3.05, 3.63) is 32.6 Å². The van der Waals surface area contributed by atoms with E-state index in [2.05, 4.69) is 4.98 Å². The average molecular weight is 381 g/mol. The van der Waals surface area contributed by atoms with Crippen molar-refractivity contribution in [3.8, 4) is 0 Å². The molecule has 0 fully saturated rings. The molecule has 0 saturated carbocycles. The summed E-state index contributed by atoms with van der Waals surface area (Å²) in [6.07, 6.45) is 1.38. The van der Waals surface area contributed by atoms with Crippen LogP contribution in [0.15, 0.2) is 15.8 Å². The minimum absolute atomic E-state index is 0.0636. The van der Waals surface area contributed by atoms with Crippen LogP contribution < -0.4 is 11.2 Å². The molecule has 148 valence electrons. The molecule has 2 radical (unpaired) electrons.